The number of hydrogen-bond acceptors (Lipinski definition) is 6. The molecule has 2 aromatic carbocycles. The summed E-state index contributed by atoms with van der Waals surface area (Å²) in [6.07, 6.45) is 0. The van der Waals surface area contributed by atoms with E-state index in [2.05, 4.69) is 5.10 Å². The zero-order valence-corrected chi connectivity index (χ0v) is 20.0. The van der Waals surface area contributed by atoms with Crippen LogP contribution in [0.15, 0.2) is 28.0 Å². The van der Waals surface area contributed by atoms with Crippen LogP contribution in [0.25, 0.3) is 0 Å². The van der Waals surface area contributed by atoms with Crippen molar-refractivity contribution in [3.63, 3.8) is 0 Å². The lowest BCUT2D eigenvalue weighted by Gasteiger charge is -2.22. The van der Waals surface area contributed by atoms with Gasteiger partial charge >= 0.3 is 5.97 Å². The zero-order valence-electron chi connectivity index (χ0n) is 18.4. The van der Waals surface area contributed by atoms with Crippen molar-refractivity contribution in [1.29, 1.82) is 0 Å². The highest BCUT2D eigenvalue weighted by molar-refractivity contribution is 7.99. The summed E-state index contributed by atoms with van der Waals surface area (Å²) >= 11 is 6.11. The fourth-order valence-corrected chi connectivity index (χ4v) is 4.02. The summed E-state index contributed by atoms with van der Waals surface area (Å²) < 4.78 is 76.1. The molecule has 186 valence electrons. The third-order valence-corrected chi connectivity index (χ3v) is 6.11. The van der Waals surface area contributed by atoms with Crippen molar-refractivity contribution in [1.82, 2.24) is 9.78 Å². The Kier molecular flexibility index (Phi) is 7.14. The van der Waals surface area contributed by atoms with E-state index in [-0.39, 0.29) is 27.4 Å². The number of aryl methyl sites for hydroxylation is 1. The predicted octanol–water partition coefficient (Wildman–Crippen LogP) is 6.57. The molecule has 0 aliphatic carbocycles. The van der Waals surface area contributed by atoms with E-state index in [1.165, 1.54) is 11.6 Å². The van der Waals surface area contributed by atoms with Crippen LogP contribution in [0.1, 0.15) is 36.8 Å². The Morgan fingerprint density at radius 3 is 2.11 bits per heavy atom. The van der Waals surface area contributed by atoms with Gasteiger partial charge in [-0.15, -0.1) is 0 Å². The number of aromatic nitrogens is 2. The maximum Gasteiger partial charge on any atom is 0.346 e. The zero-order chi connectivity index (χ0) is 26.4. The van der Waals surface area contributed by atoms with E-state index in [1.807, 2.05) is 0 Å². The van der Waals surface area contributed by atoms with Crippen molar-refractivity contribution in [3.8, 4) is 5.88 Å². The molecule has 0 fully saturated rings. The van der Waals surface area contributed by atoms with Crippen molar-refractivity contribution in [3.05, 3.63) is 73.7 Å². The molecule has 35 heavy (non-hydrogen) atoms. The fraction of sp³-hybridized carbons (Fsp3) is 0.238. The summed E-state index contributed by atoms with van der Waals surface area (Å²) in [5, 5.41) is 15.1. The standard InChI is InChI=1S/C21H15ClF5N3O4S/c1-8-17(35-18-15(26)13(24)12(23)14(25)16(18)27)19(29(28-8)21(2,3)4)34-20(31)10-7-9(30(32)33)5-6-11(10)22/h5-7H,1-4H3. The van der Waals surface area contributed by atoms with E-state index in [0.717, 1.165) is 18.2 Å². The van der Waals surface area contributed by atoms with E-state index >= 15 is 0 Å². The van der Waals surface area contributed by atoms with Crippen molar-refractivity contribution >= 4 is 35.0 Å². The average molecular weight is 536 g/mol. The first-order chi connectivity index (χ1) is 16.1. The van der Waals surface area contributed by atoms with Gasteiger partial charge in [0.15, 0.2) is 23.3 Å². The minimum atomic E-state index is -2.32. The fourth-order valence-electron chi connectivity index (χ4n) is 2.86. The maximum atomic E-state index is 14.3. The molecule has 0 N–H and O–H groups in total. The van der Waals surface area contributed by atoms with Gasteiger partial charge < -0.3 is 4.74 Å². The SMILES string of the molecule is Cc1nn(C(C)(C)C)c(OC(=O)c2cc([N+](=O)[O-])ccc2Cl)c1Sc1c(F)c(F)c(F)c(F)c1F. The van der Waals surface area contributed by atoms with Gasteiger partial charge in [-0.2, -0.15) is 5.10 Å². The Morgan fingerprint density at radius 1 is 1.06 bits per heavy atom. The molecule has 0 radical (unpaired) electrons. The second-order valence-corrected chi connectivity index (χ2v) is 9.54. The van der Waals surface area contributed by atoms with Crippen LogP contribution in [0.2, 0.25) is 5.02 Å². The van der Waals surface area contributed by atoms with Crippen LogP contribution in [0.3, 0.4) is 0 Å². The summed E-state index contributed by atoms with van der Waals surface area (Å²) in [6, 6.07) is 3.03. The third kappa shape index (κ3) is 4.96. The number of carbonyl (C=O) groups is 1. The van der Waals surface area contributed by atoms with Crippen molar-refractivity contribution < 1.29 is 36.4 Å². The van der Waals surface area contributed by atoms with Gasteiger partial charge in [-0.25, -0.2) is 31.4 Å². The van der Waals surface area contributed by atoms with Crippen LogP contribution >= 0.6 is 23.4 Å². The molecule has 1 heterocycles. The monoisotopic (exact) mass is 535 g/mol. The lowest BCUT2D eigenvalue weighted by molar-refractivity contribution is -0.384. The molecule has 0 spiro atoms. The van der Waals surface area contributed by atoms with Crippen LogP contribution < -0.4 is 4.74 Å². The highest BCUT2D eigenvalue weighted by Crippen LogP contribution is 2.43. The number of esters is 1. The summed E-state index contributed by atoms with van der Waals surface area (Å²) in [4.78, 5) is 21.7. The molecule has 7 nitrogen and oxygen atoms in total. The minimum absolute atomic E-state index is 0.0433. The molecule has 3 aromatic rings. The maximum absolute atomic E-state index is 14.3. The molecule has 0 atom stereocenters. The van der Waals surface area contributed by atoms with E-state index in [9.17, 15) is 36.9 Å². The number of non-ortho nitro benzene ring substituents is 1. The molecular weight excluding hydrogens is 521 g/mol. The number of carbonyl (C=O) groups excluding carboxylic acids is 1. The molecule has 0 saturated carbocycles. The number of nitrogens with zero attached hydrogens (tertiary/aromatic N) is 3. The van der Waals surface area contributed by atoms with Gasteiger partial charge in [0, 0.05) is 12.1 Å². The lowest BCUT2D eigenvalue weighted by atomic mass is 10.1. The van der Waals surface area contributed by atoms with Gasteiger partial charge in [-0.3, -0.25) is 10.1 Å². The Hall–Kier alpha value is -3.19. The molecule has 14 heteroatoms. The number of rotatable bonds is 5. The smallest absolute Gasteiger partial charge is 0.346 e. The van der Waals surface area contributed by atoms with Crippen LogP contribution in [0.4, 0.5) is 27.6 Å². The Bertz CT molecular complexity index is 1350. The molecule has 0 aliphatic rings. The largest absolute Gasteiger partial charge is 0.403 e. The van der Waals surface area contributed by atoms with Crippen LogP contribution in [0, 0.1) is 46.1 Å². The summed E-state index contributed by atoms with van der Waals surface area (Å²) in [6.45, 7) is 6.30. The molecule has 1 aromatic heterocycles. The number of nitro groups is 1. The topological polar surface area (TPSA) is 87.3 Å². The molecule has 3 rings (SSSR count). The van der Waals surface area contributed by atoms with Crippen LogP contribution in [-0.2, 0) is 5.54 Å². The second-order valence-electron chi connectivity index (χ2n) is 8.11. The normalized spacial score (nSPS) is 11.6. The summed E-state index contributed by atoms with van der Waals surface area (Å²) in [5.74, 6) is -12.3. The number of benzene rings is 2. The Balaban J connectivity index is 2.16. The van der Waals surface area contributed by atoms with Crippen LogP contribution in [0.5, 0.6) is 5.88 Å². The van der Waals surface area contributed by atoms with E-state index in [1.54, 1.807) is 20.8 Å². The number of hydrogen-bond donors (Lipinski definition) is 0. The highest BCUT2D eigenvalue weighted by Gasteiger charge is 2.32. The second kappa shape index (κ2) is 9.46. The van der Waals surface area contributed by atoms with Crippen molar-refractivity contribution in [2.24, 2.45) is 0 Å². The van der Waals surface area contributed by atoms with Gasteiger partial charge in [0.1, 0.15) is 0 Å². The van der Waals surface area contributed by atoms with Gasteiger partial charge in [-0.05, 0) is 33.8 Å². The molecular formula is C21H15ClF5N3O4S. The number of ether oxygens (including phenoxy) is 1. The van der Waals surface area contributed by atoms with E-state index in [4.69, 9.17) is 16.3 Å². The lowest BCUT2D eigenvalue weighted by Crippen LogP contribution is -2.25. The van der Waals surface area contributed by atoms with E-state index < -0.39 is 67.5 Å². The molecule has 0 unspecified atom stereocenters. The van der Waals surface area contributed by atoms with Crippen molar-refractivity contribution in [2.45, 2.75) is 43.0 Å². The first kappa shape index (κ1) is 26.4. The number of halogens is 6. The Morgan fingerprint density at radius 2 is 1.60 bits per heavy atom. The van der Waals surface area contributed by atoms with Crippen LogP contribution in [-0.4, -0.2) is 20.7 Å². The van der Waals surface area contributed by atoms with Gasteiger partial charge in [-0.1, -0.05) is 23.4 Å². The first-order valence-electron chi connectivity index (χ1n) is 9.60. The van der Waals surface area contributed by atoms with Gasteiger partial charge in [0.05, 0.1) is 36.5 Å². The molecule has 0 bridgehead atoms. The average Bonchev–Trinajstić information content (AvgIpc) is 3.09. The minimum Gasteiger partial charge on any atom is -0.403 e. The summed E-state index contributed by atoms with van der Waals surface area (Å²) in [5.41, 5.74) is -1.70. The number of nitro benzene ring substituents is 1. The third-order valence-electron chi connectivity index (χ3n) is 4.54. The predicted molar refractivity (Wildman–Crippen MR) is 115 cm³/mol. The molecule has 0 saturated heterocycles. The first-order valence-corrected chi connectivity index (χ1v) is 10.8. The highest BCUT2D eigenvalue weighted by atomic mass is 35.5. The molecule has 0 amide bonds. The van der Waals surface area contributed by atoms with Gasteiger partial charge in [0.2, 0.25) is 11.7 Å². The quantitative estimate of drug-likeness (QED) is 0.0916. The Labute approximate surface area is 204 Å². The van der Waals surface area contributed by atoms with E-state index in [0.29, 0.717) is 0 Å². The van der Waals surface area contributed by atoms with Gasteiger partial charge in [0.25, 0.3) is 5.69 Å². The summed E-state index contributed by atoms with van der Waals surface area (Å²) in [7, 11) is 0. The molecule has 0 aliphatic heterocycles. The van der Waals surface area contributed by atoms with Crippen molar-refractivity contribution in [2.75, 3.05) is 0 Å².